The van der Waals surface area contributed by atoms with Crippen molar-refractivity contribution in [3.8, 4) is 0 Å². The number of aliphatic carboxylic acids is 1. The van der Waals surface area contributed by atoms with E-state index in [1.165, 1.54) is 0 Å². The highest BCUT2D eigenvalue weighted by molar-refractivity contribution is 7.85. The summed E-state index contributed by atoms with van der Waals surface area (Å²) in [6.07, 6.45) is 4.62. The number of allylic oxidation sites excluding steroid dienone is 2. The molecule has 1 aromatic heterocycles. The van der Waals surface area contributed by atoms with Crippen molar-refractivity contribution in [1.29, 1.82) is 0 Å². The number of hydrogen-bond donors (Lipinski definition) is 4. The van der Waals surface area contributed by atoms with E-state index in [-0.39, 0.29) is 18.5 Å². The Morgan fingerprint density at radius 2 is 1.79 bits per heavy atom. The van der Waals surface area contributed by atoms with Gasteiger partial charge in [0.15, 0.2) is 11.4 Å². The second kappa shape index (κ2) is 13.9. The van der Waals surface area contributed by atoms with E-state index in [2.05, 4.69) is 26.6 Å². The van der Waals surface area contributed by atoms with E-state index < -0.39 is 53.3 Å². The summed E-state index contributed by atoms with van der Waals surface area (Å²) in [4.78, 5) is 40.4. The minimum atomic E-state index is -4.70. The van der Waals surface area contributed by atoms with Crippen molar-refractivity contribution in [3.05, 3.63) is 76.3 Å². The monoisotopic (exact) mass is 678 g/mol. The average molecular weight is 679 g/mol. The second-order valence-electron chi connectivity index (χ2n) is 12.6. The predicted octanol–water partition coefficient (Wildman–Crippen LogP) is 1.74. The van der Waals surface area contributed by atoms with E-state index in [9.17, 15) is 22.8 Å². The highest BCUT2D eigenvalue weighted by Gasteiger charge is 2.54. The molecule has 17 heteroatoms. The van der Waals surface area contributed by atoms with Gasteiger partial charge in [-0.25, -0.2) is 4.79 Å². The van der Waals surface area contributed by atoms with Gasteiger partial charge in [0.25, 0.3) is 10.1 Å². The van der Waals surface area contributed by atoms with Gasteiger partial charge in [0.05, 0.1) is 34.1 Å². The molecule has 2 aliphatic rings. The summed E-state index contributed by atoms with van der Waals surface area (Å²) in [5.74, 6) is -4.86. The third-order valence-corrected chi connectivity index (χ3v) is 8.52. The van der Waals surface area contributed by atoms with Crippen LogP contribution in [0, 0.1) is 6.92 Å². The van der Waals surface area contributed by atoms with Gasteiger partial charge in [-0.15, -0.1) is 5.48 Å². The minimum Gasteiger partial charge on any atom is -0.480 e. The Morgan fingerprint density at radius 3 is 2.40 bits per heavy atom. The molecule has 0 aliphatic carbocycles. The van der Waals surface area contributed by atoms with Gasteiger partial charge in [-0.1, -0.05) is 18.2 Å². The van der Waals surface area contributed by atoms with Crippen LogP contribution in [0.1, 0.15) is 41.8 Å². The van der Waals surface area contributed by atoms with Crippen LogP contribution < -0.4 is 10.8 Å². The molecule has 2 aromatic rings. The molecule has 0 saturated heterocycles. The number of hydroxylamine groups is 1. The number of carbonyl (C=O) groups is 3. The number of halogens is 2. The smallest absolute Gasteiger partial charge is 0.480 e. The number of carbonyl (C=O) groups excluding carboxylic acids is 2. The lowest BCUT2D eigenvalue weighted by molar-refractivity contribution is -0.870. The summed E-state index contributed by atoms with van der Waals surface area (Å²) in [6, 6.07) is 8.69. The molecule has 0 saturated carbocycles. The minimum absolute atomic E-state index is 0.109. The number of aromatic nitrogens is 1. The van der Waals surface area contributed by atoms with Crippen LogP contribution in [0.5, 0.6) is 0 Å². The fraction of sp³-hybridized carbons (Fsp3) is 0.400. The number of fused-ring (bicyclic) bond motifs is 2. The van der Waals surface area contributed by atoms with Crippen LogP contribution in [0.3, 0.4) is 0 Å². The van der Waals surface area contributed by atoms with Gasteiger partial charge in [-0.05, 0) is 49.2 Å². The molecular weight excluding hydrogens is 639 g/mol. The Morgan fingerprint density at radius 1 is 1.11 bits per heavy atom. The molecule has 4 N–H and O–H groups in total. The molecule has 0 radical (unpaired) electrons. The molecule has 0 bridgehead atoms. The van der Waals surface area contributed by atoms with E-state index >= 15 is 8.63 Å². The first-order chi connectivity index (χ1) is 21.9. The number of quaternary nitrogens is 1. The quantitative estimate of drug-likeness (QED) is 0.0950. The van der Waals surface area contributed by atoms with Crippen molar-refractivity contribution >= 4 is 46.7 Å². The average Bonchev–Trinajstić information content (AvgIpc) is 3.49. The van der Waals surface area contributed by atoms with Gasteiger partial charge >= 0.3 is 18.9 Å². The Hall–Kier alpha value is -4.19. The van der Waals surface area contributed by atoms with Crippen LogP contribution >= 0.6 is 0 Å². The number of benzene rings is 1. The Kier molecular flexibility index (Phi) is 10.5. The van der Waals surface area contributed by atoms with E-state index in [4.69, 9.17) is 14.5 Å². The molecule has 254 valence electrons. The topological polar surface area (TPSA) is 167 Å². The summed E-state index contributed by atoms with van der Waals surface area (Å²) in [7, 11) is 1.56. The van der Waals surface area contributed by atoms with Gasteiger partial charge in [0.2, 0.25) is 5.91 Å². The summed E-state index contributed by atoms with van der Waals surface area (Å²) in [6.45, 7) is -2.50. The number of rotatable bonds is 15. The Balaban J connectivity index is 1.49. The first-order valence-electron chi connectivity index (χ1n) is 15.0. The fourth-order valence-electron chi connectivity index (χ4n) is 5.69. The van der Waals surface area contributed by atoms with E-state index in [0.29, 0.717) is 34.7 Å². The first kappa shape index (κ1) is 35.7. The zero-order chi connectivity index (χ0) is 34.7. The molecule has 1 unspecified atom stereocenters. The maximum atomic E-state index is 16.7. The number of aryl methyl sites for hydroxylation is 2. The van der Waals surface area contributed by atoms with Crippen LogP contribution in [0.4, 0.5) is 8.63 Å². The normalized spacial score (nSPS) is 16.1. The van der Waals surface area contributed by atoms with Crippen molar-refractivity contribution in [1.82, 2.24) is 15.3 Å². The lowest BCUT2D eigenvalue weighted by Crippen LogP contribution is -2.51. The van der Waals surface area contributed by atoms with Crippen LogP contribution in [-0.4, -0.2) is 108 Å². The Bertz CT molecular complexity index is 1770. The molecule has 1 aromatic carbocycles. The molecule has 1 atom stereocenters. The van der Waals surface area contributed by atoms with Crippen LogP contribution in [0.2, 0.25) is 0 Å². The summed E-state index contributed by atoms with van der Waals surface area (Å²) < 4.78 is 67.1. The number of amides is 1. The number of hydrogen-bond acceptors (Lipinski definition) is 7. The van der Waals surface area contributed by atoms with Crippen molar-refractivity contribution in [2.24, 2.45) is 0 Å². The van der Waals surface area contributed by atoms with Gasteiger partial charge in [0, 0.05) is 35.4 Å². The maximum absolute atomic E-state index is 16.7. The zero-order valence-electron chi connectivity index (χ0n) is 26.6. The highest BCUT2D eigenvalue weighted by Crippen LogP contribution is 2.39. The lowest BCUT2D eigenvalue weighted by Gasteiger charge is -2.32. The standard InChI is InChI=1S/C30H38BF2N5O8S/c1-20-15-23(12-13-29(40)46-34-18-28(39)35-24(30(41)42)19-47(43,44)45)36-25(20)17-27-22(11-8-14-38(2,3)4)16-26(37(27)31(36,32)33)21-9-6-5-7-10-21/h5-7,9-10,15-17,24,34H,8,11-14,18-19H2,1-4H3,(H2-,35,39,41,42,43,44,45)/p+1. The van der Waals surface area contributed by atoms with Crippen LogP contribution in [0.15, 0.2) is 53.7 Å². The van der Waals surface area contributed by atoms with Crippen LogP contribution in [0.25, 0.3) is 6.08 Å². The molecule has 2 aliphatic heterocycles. The number of carboxylic acid groups (broad SMARTS) is 1. The van der Waals surface area contributed by atoms with Gasteiger partial charge in [-0.2, -0.15) is 8.42 Å². The zero-order valence-corrected chi connectivity index (χ0v) is 27.4. The number of nitrogens with one attached hydrogen (secondary N) is 2. The molecule has 4 rings (SSSR count). The van der Waals surface area contributed by atoms with Crippen molar-refractivity contribution in [2.75, 3.05) is 40.0 Å². The predicted molar refractivity (Wildman–Crippen MR) is 170 cm³/mol. The molecule has 13 nitrogen and oxygen atoms in total. The highest BCUT2D eigenvalue weighted by atomic mass is 32.2. The molecule has 47 heavy (non-hydrogen) atoms. The maximum Gasteiger partial charge on any atom is 0.737 e. The molecule has 3 heterocycles. The van der Waals surface area contributed by atoms with Gasteiger partial charge in [-0.3, -0.25) is 14.1 Å². The summed E-state index contributed by atoms with van der Waals surface area (Å²) in [5.41, 5.74) is 5.58. The number of carboxylic acids is 1. The second-order valence-corrected chi connectivity index (χ2v) is 14.1. The first-order valence-corrected chi connectivity index (χ1v) is 16.6. The van der Waals surface area contributed by atoms with E-state index in [0.717, 1.165) is 32.0 Å². The van der Waals surface area contributed by atoms with Gasteiger partial charge < -0.3 is 37.3 Å². The van der Waals surface area contributed by atoms with Crippen molar-refractivity contribution < 1.29 is 54.9 Å². The number of nitrogens with zero attached hydrogens (tertiary/aromatic N) is 3. The fourth-order valence-corrected chi connectivity index (χ4v) is 6.33. The lowest BCUT2D eigenvalue weighted by atomic mass is 9.88. The van der Waals surface area contributed by atoms with Crippen LogP contribution in [-0.2, 0) is 35.8 Å². The third kappa shape index (κ3) is 8.79. The van der Waals surface area contributed by atoms with Crippen molar-refractivity contribution in [2.45, 2.75) is 38.6 Å². The molecule has 0 spiro atoms. The molecule has 1 amide bonds. The van der Waals surface area contributed by atoms with E-state index in [1.807, 2.05) is 17.5 Å². The SMILES string of the molecule is Cc1cc(CCC(=O)ONCC(=O)NC(CS(=O)(=O)O)C(=O)O)n2c1C=C1C(CCC[N+](C)(C)C)=CC(c3ccccc3)=[N+]1[B-]2(F)F. The molecule has 0 fully saturated rings. The largest absolute Gasteiger partial charge is 0.737 e. The van der Waals surface area contributed by atoms with Crippen molar-refractivity contribution in [3.63, 3.8) is 0 Å². The summed E-state index contributed by atoms with van der Waals surface area (Å²) in [5, 5.41) is 10.9. The van der Waals surface area contributed by atoms with E-state index in [1.54, 1.807) is 43.3 Å². The Labute approximate surface area is 271 Å². The summed E-state index contributed by atoms with van der Waals surface area (Å²) >= 11 is 0. The third-order valence-electron chi connectivity index (χ3n) is 7.77. The molecular formula is C30H39BF2N5O8S+. The van der Waals surface area contributed by atoms with Gasteiger partial charge in [0.1, 0.15) is 18.3 Å².